The lowest BCUT2D eigenvalue weighted by atomic mass is 10.1. The zero-order chi connectivity index (χ0) is 11.9. The van der Waals surface area contributed by atoms with E-state index in [1.807, 2.05) is 11.3 Å². The lowest BCUT2D eigenvalue weighted by Crippen LogP contribution is -2.15. The monoisotopic (exact) mass is 252 g/mol. The van der Waals surface area contributed by atoms with Crippen molar-refractivity contribution in [3.05, 3.63) is 16.1 Å². The van der Waals surface area contributed by atoms with Crippen molar-refractivity contribution >= 4 is 11.3 Å². The molecule has 3 heteroatoms. The summed E-state index contributed by atoms with van der Waals surface area (Å²) in [6.07, 6.45) is 9.34. The molecule has 2 rings (SSSR count). The van der Waals surface area contributed by atoms with Crippen molar-refractivity contribution < 1.29 is 0 Å². The van der Waals surface area contributed by atoms with Crippen molar-refractivity contribution in [3.63, 3.8) is 0 Å². The zero-order valence-electron chi connectivity index (χ0n) is 10.9. The van der Waals surface area contributed by atoms with E-state index >= 15 is 0 Å². The van der Waals surface area contributed by atoms with E-state index in [0.717, 1.165) is 12.5 Å². The van der Waals surface area contributed by atoms with Gasteiger partial charge < -0.3 is 5.32 Å². The molecule has 0 aromatic carbocycles. The first-order chi connectivity index (χ1) is 8.38. The summed E-state index contributed by atoms with van der Waals surface area (Å²) in [5.74, 6) is 0.962. The highest BCUT2D eigenvalue weighted by Crippen LogP contribution is 2.27. The molecule has 0 aliphatic heterocycles. The molecule has 2 nitrogen and oxygen atoms in total. The van der Waals surface area contributed by atoms with Gasteiger partial charge in [-0.1, -0.05) is 26.2 Å². The molecule has 0 spiro atoms. The molecular formula is C14H24N2S. The van der Waals surface area contributed by atoms with E-state index in [0.29, 0.717) is 0 Å². The number of hydrogen-bond acceptors (Lipinski definition) is 3. The smallest absolute Gasteiger partial charge is 0.107 e. The molecule has 1 saturated carbocycles. The van der Waals surface area contributed by atoms with Gasteiger partial charge in [0.05, 0.1) is 5.69 Å². The molecule has 1 aromatic rings. The van der Waals surface area contributed by atoms with Crippen molar-refractivity contribution in [1.82, 2.24) is 10.3 Å². The Balaban J connectivity index is 1.60. The van der Waals surface area contributed by atoms with Gasteiger partial charge in [0.25, 0.3) is 0 Å². The SMILES string of the molecule is CCCCCCc1csc(CNCC2CC2)n1. The second-order valence-electron chi connectivity index (χ2n) is 5.12. The van der Waals surface area contributed by atoms with Crippen LogP contribution in [0.3, 0.4) is 0 Å². The van der Waals surface area contributed by atoms with E-state index in [2.05, 4.69) is 22.6 Å². The van der Waals surface area contributed by atoms with Crippen LogP contribution in [0.4, 0.5) is 0 Å². The quantitative estimate of drug-likeness (QED) is 0.677. The van der Waals surface area contributed by atoms with Crippen LogP contribution in [0.25, 0.3) is 0 Å². The maximum atomic E-state index is 4.68. The largest absolute Gasteiger partial charge is 0.310 e. The Morgan fingerprint density at radius 1 is 1.35 bits per heavy atom. The van der Waals surface area contributed by atoms with Crippen LogP contribution in [0.5, 0.6) is 0 Å². The summed E-state index contributed by atoms with van der Waals surface area (Å²) in [5.41, 5.74) is 1.30. The van der Waals surface area contributed by atoms with Crippen LogP contribution in [0.2, 0.25) is 0 Å². The van der Waals surface area contributed by atoms with Gasteiger partial charge in [-0.15, -0.1) is 11.3 Å². The van der Waals surface area contributed by atoms with Gasteiger partial charge >= 0.3 is 0 Å². The molecule has 0 saturated heterocycles. The molecule has 1 aliphatic rings. The Morgan fingerprint density at radius 3 is 3.00 bits per heavy atom. The minimum Gasteiger partial charge on any atom is -0.310 e. The Kier molecular flexibility index (Phi) is 5.46. The average Bonchev–Trinajstić information content (AvgIpc) is 3.04. The van der Waals surface area contributed by atoms with Crippen LogP contribution in [0.1, 0.15) is 56.2 Å². The van der Waals surface area contributed by atoms with E-state index in [1.54, 1.807) is 0 Å². The molecule has 1 N–H and O–H groups in total. The molecule has 1 aliphatic carbocycles. The third kappa shape index (κ3) is 5.17. The van der Waals surface area contributed by atoms with E-state index in [4.69, 9.17) is 0 Å². The molecule has 1 fully saturated rings. The predicted octanol–water partition coefficient (Wildman–Crippen LogP) is 3.77. The maximum absolute atomic E-state index is 4.68. The van der Waals surface area contributed by atoms with Gasteiger partial charge in [-0.05, 0) is 38.1 Å². The summed E-state index contributed by atoms with van der Waals surface area (Å²) in [5, 5.41) is 7.00. The fourth-order valence-electron chi connectivity index (χ4n) is 1.98. The Bertz CT molecular complexity index is 318. The summed E-state index contributed by atoms with van der Waals surface area (Å²) in [7, 11) is 0. The number of hydrogen-bond donors (Lipinski definition) is 1. The van der Waals surface area contributed by atoms with Crippen molar-refractivity contribution in [3.8, 4) is 0 Å². The van der Waals surface area contributed by atoms with Gasteiger partial charge in [-0.2, -0.15) is 0 Å². The normalized spacial score (nSPS) is 15.4. The standard InChI is InChI=1S/C14H24N2S/c1-2-3-4-5-6-13-11-17-14(16-13)10-15-9-12-7-8-12/h11-12,15H,2-10H2,1H3. The summed E-state index contributed by atoms with van der Waals surface area (Å²) >= 11 is 1.81. The van der Waals surface area contributed by atoms with Gasteiger partial charge in [0, 0.05) is 11.9 Å². The molecular weight excluding hydrogens is 228 g/mol. The number of thiazole rings is 1. The Hall–Kier alpha value is -0.410. The van der Waals surface area contributed by atoms with Crippen molar-refractivity contribution in [2.45, 2.75) is 58.4 Å². The Labute approximate surface area is 109 Å². The highest BCUT2D eigenvalue weighted by Gasteiger charge is 2.20. The topological polar surface area (TPSA) is 24.9 Å². The molecule has 1 heterocycles. The van der Waals surface area contributed by atoms with Gasteiger partial charge in [0.15, 0.2) is 0 Å². The van der Waals surface area contributed by atoms with E-state index in [9.17, 15) is 0 Å². The Morgan fingerprint density at radius 2 is 2.24 bits per heavy atom. The van der Waals surface area contributed by atoms with Crippen molar-refractivity contribution in [2.24, 2.45) is 5.92 Å². The second-order valence-corrected chi connectivity index (χ2v) is 6.06. The molecule has 1 aromatic heterocycles. The van der Waals surface area contributed by atoms with Gasteiger partial charge in [-0.3, -0.25) is 0 Å². The first-order valence-electron chi connectivity index (χ1n) is 7.02. The van der Waals surface area contributed by atoms with Crippen LogP contribution in [0, 0.1) is 5.92 Å². The van der Waals surface area contributed by atoms with Crippen LogP contribution >= 0.6 is 11.3 Å². The van der Waals surface area contributed by atoms with Gasteiger partial charge in [0.1, 0.15) is 5.01 Å². The minimum absolute atomic E-state index is 0.962. The van der Waals surface area contributed by atoms with Gasteiger partial charge in [0.2, 0.25) is 0 Å². The number of aromatic nitrogens is 1. The fourth-order valence-corrected chi connectivity index (χ4v) is 2.78. The molecule has 0 amide bonds. The number of nitrogens with zero attached hydrogens (tertiary/aromatic N) is 1. The first-order valence-corrected chi connectivity index (χ1v) is 7.90. The molecule has 17 heavy (non-hydrogen) atoms. The van der Waals surface area contributed by atoms with Crippen LogP contribution < -0.4 is 5.32 Å². The second kappa shape index (κ2) is 7.12. The number of unbranched alkanes of at least 4 members (excludes halogenated alkanes) is 3. The van der Waals surface area contributed by atoms with Gasteiger partial charge in [-0.25, -0.2) is 4.98 Å². The summed E-state index contributed by atoms with van der Waals surface area (Å²) in [6.45, 7) is 4.41. The van der Waals surface area contributed by atoms with E-state index in [-0.39, 0.29) is 0 Å². The summed E-state index contributed by atoms with van der Waals surface area (Å²) in [4.78, 5) is 4.68. The highest BCUT2D eigenvalue weighted by atomic mass is 32.1. The summed E-state index contributed by atoms with van der Waals surface area (Å²) < 4.78 is 0. The first kappa shape index (κ1) is 13.0. The van der Waals surface area contributed by atoms with Crippen molar-refractivity contribution in [2.75, 3.05) is 6.54 Å². The highest BCUT2D eigenvalue weighted by molar-refractivity contribution is 7.09. The lowest BCUT2D eigenvalue weighted by molar-refractivity contribution is 0.632. The fraction of sp³-hybridized carbons (Fsp3) is 0.786. The van der Waals surface area contributed by atoms with E-state index in [1.165, 1.54) is 62.2 Å². The van der Waals surface area contributed by atoms with E-state index < -0.39 is 0 Å². The summed E-state index contributed by atoms with van der Waals surface area (Å²) in [6, 6.07) is 0. The minimum atomic E-state index is 0.962. The predicted molar refractivity (Wildman–Crippen MR) is 74.4 cm³/mol. The third-order valence-corrected chi connectivity index (χ3v) is 4.19. The molecule has 0 bridgehead atoms. The molecule has 0 unspecified atom stereocenters. The van der Waals surface area contributed by atoms with Crippen LogP contribution in [0.15, 0.2) is 5.38 Å². The third-order valence-electron chi connectivity index (χ3n) is 3.29. The van der Waals surface area contributed by atoms with Crippen LogP contribution in [-0.4, -0.2) is 11.5 Å². The lowest BCUT2D eigenvalue weighted by Gasteiger charge is -1.99. The molecule has 96 valence electrons. The number of nitrogens with one attached hydrogen (secondary N) is 1. The molecule has 0 radical (unpaired) electrons. The number of rotatable bonds is 9. The average molecular weight is 252 g/mol. The maximum Gasteiger partial charge on any atom is 0.107 e. The van der Waals surface area contributed by atoms with Crippen LogP contribution in [-0.2, 0) is 13.0 Å². The molecule has 0 atom stereocenters. The zero-order valence-corrected chi connectivity index (χ0v) is 11.7. The number of aryl methyl sites for hydroxylation is 1. The van der Waals surface area contributed by atoms with Crippen molar-refractivity contribution in [1.29, 1.82) is 0 Å².